The Morgan fingerprint density at radius 2 is 2.10 bits per heavy atom. The van der Waals surface area contributed by atoms with Crippen molar-refractivity contribution in [1.82, 2.24) is 4.72 Å². The standard InChI is InChI=1S/C13H19N3O4S/c1-9(2)8-20-6-5-16-21(18,19)12-4-3-10(13(15)17)7-11(12)14/h3-4,7,16H,1,5-6,8,14H2,2H3,(H2,15,17). The summed E-state index contributed by atoms with van der Waals surface area (Å²) in [6, 6.07) is 3.78. The molecule has 0 fully saturated rings. The molecule has 1 rings (SSSR count). The largest absolute Gasteiger partial charge is 0.398 e. The predicted octanol–water partition coefficient (Wildman–Crippen LogP) is 0.239. The fourth-order valence-corrected chi connectivity index (χ4v) is 2.64. The van der Waals surface area contributed by atoms with Gasteiger partial charge in [-0.3, -0.25) is 4.79 Å². The van der Waals surface area contributed by atoms with Gasteiger partial charge in [0.2, 0.25) is 15.9 Å². The molecule has 0 atom stereocenters. The van der Waals surface area contributed by atoms with Crippen LogP contribution in [-0.4, -0.2) is 34.1 Å². The summed E-state index contributed by atoms with van der Waals surface area (Å²) in [6.45, 7) is 6.17. The van der Waals surface area contributed by atoms with Crippen LogP contribution in [0.1, 0.15) is 17.3 Å². The lowest BCUT2D eigenvalue weighted by molar-refractivity contribution is 0.1000. The van der Waals surface area contributed by atoms with E-state index >= 15 is 0 Å². The lowest BCUT2D eigenvalue weighted by Gasteiger charge is -2.10. The molecule has 5 N–H and O–H groups in total. The van der Waals surface area contributed by atoms with Crippen LogP contribution in [0.3, 0.4) is 0 Å². The molecule has 0 radical (unpaired) electrons. The van der Waals surface area contributed by atoms with E-state index in [4.69, 9.17) is 16.2 Å². The molecule has 0 saturated heterocycles. The van der Waals surface area contributed by atoms with Crippen LogP contribution in [0.5, 0.6) is 0 Å². The summed E-state index contributed by atoms with van der Waals surface area (Å²) in [5, 5.41) is 0. The second kappa shape index (κ2) is 7.21. The Kier molecular flexibility index (Phi) is 5.89. The summed E-state index contributed by atoms with van der Waals surface area (Å²) in [6.07, 6.45) is 0. The number of hydrogen-bond acceptors (Lipinski definition) is 5. The first-order chi connectivity index (χ1) is 9.74. The number of carbonyl (C=O) groups is 1. The summed E-state index contributed by atoms with van der Waals surface area (Å²) in [5.41, 5.74) is 11.7. The van der Waals surface area contributed by atoms with Gasteiger partial charge >= 0.3 is 0 Å². The highest BCUT2D eigenvalue weighted by atomic mass is 32.2. The van der Waals surface area contributed by atoms with Gasteiger partial charge in [-0.15, -0.1) is 0 Å². The van der Waals surface area contributed by atoms with Gasteiger partial charge in [0.25, 0.3) is 0 Å². The number of benzene rings is 1. The van der Waals surface area contributed by atoms with Crippen molar-refractivity contribution in [3.8, 4) is 0 Å². The molecule has 0 aromatic heterocycles. The number of amides is 1. The molecule has 21 heavy (non-hydrogen) atoms. The van der Waals surface area contributed by atoms with Crippen LogP contribution in [0.25, 0.3) is 0 Å². The minimum absolute atomic E-state index is 0.0401. The molecular formula is C13H19N3O4S. The zero-order valence-corrected chi connectivity index (χ0v) is 12.6. The third-order valence-corrected chi connectivity index (χ3v) is 4.01. The van der Waals surface area contributed by atoms with Crippen LogP contribution < -0.4 is 16.2 Å². The minimum atomic E-state index is -3.76. The van der Waals surface area contributed by atoms with E-state index in [0.29, 0.717) is 6.61 Å². The number of sulfonamides is 1. The molecule has 0 aliphatic rings. The maximum Gasteiger partial charge on any atom is 0.248 e. The van der Waals surface area contributed by atoms with Crippen LogP contribution >= 0.6 is 0 Å². The predicted molar refractivity (Wildman–Crippen MR) is 80.2 cm³/mol. The van der Waals surface area contributed by atoms with Gasteiger partial charge in [-0.05, 0) is 25.1 Å². The first kappa shape index (κ1) is 17.2. The van der Waals surface area contributed by atoms with Gasteiger partial charge in [0.05, 0.1) is 18.9 Å². The lowest BCUT2D eigenvalue weighted by atomic mass is 10.2. The number of hydrogen-bond donors (Lipinski definition) is 3. The SMILES string of the molecule is C=C(C)COCCNS(=O)(=O)c1ccc(C(N)=O)cc1N. The Hall–Kier alpha value is -1.90. The maximum atomic E-state index is 12.1. The van der Waals surface area contributed by atoms with Gasteiger partial charge in [0.15, 0.2) is 0 Å². The van der Waals surface area contributed by atoms with Crippen molar-refractivity contribution in [2.24, 2.45) is 5.73 Å². The van der Waals surface area contributed by atoms with Crippen molar-refractivity contribution in [2.75, 3.05) is 25.5 Å². The number of primary amides is 1. The van der Waals surface area contributed by atoms with Crippen molar-refractivity contribution < 1.29 is 17.9 Å². The number of nitrogens with two attached hydrogens (primary N) is 2. The lowest BCUT2D eigenvalue weighted by Crippen LogP contribution is -2.28. The third kappa shape index (κ3) is 5.18. The van der Waals surface area contributed by atoms with E-state index in [-0.39, 0.29) is 29.3 Å². The Bertz CT molecular complexity index is 641. The van der Waals surface area contributed by atoms with Crippen molar-refractivity contribution in [3.63, 3.8) is 0 Å². The molecule has 0 saturated carbocycles. The molecule has 0 aliphatic carbocycles. The minimum Gasteiger partial charge on any atom is -0.398 e. The molecule has 7 nitrogen and oxygen atoms in total. The summed E-state index contributed by atoms with van der Waals surface area (Å²) in [4.78, 5) is 10.9. The zero-order valence-electron chi connectivity index (χ0n) is 11.8. The molecule has 0 heterocycles. The summed E-state index contributed by atoms with van der Waals surface area (Å²) in [7, 11) is -3.76. The van der Waals surface area contributed by atoms with Crippen LogP contribution in [0, 0.1) is 0 Å². The molecule has 1 amide bonds. The van der Waals surface area contributed by atoms with Crippen molar-refractivity contribution >= 4 is 21.6 Å². The molecule has 0 spiro atoms. The Labute approximate surface area is 124 Å². The molecule has 8 heteroatoms. The summed E-state index contributed by atoms with van der Waals surface area (Å²) >= 11 is 0. The van der Waals surface area contributed by atoms with Crippen LogP contribution in [0.2, 0.25) is 0 Å². The van der Waals surface area contributed by atoms with Gasteiger partial charge in [-0.1, -0.05) is 12.2 Å². The normalized spacial score (nSPS) is 11.3. The number of anilines is 1. The fraction of sp³-hybridized carbons (Fsp3) is 0.308. The Morgan fingerprint density at radius 1 is 1.43 bits per heavy atom. The first-order valence-corrected chi connectivity index (χ1v) is 7.63. The van der Waals surface area contributed by atoms with E-state index in [9.17, 15) is 13.2 Å². The number of ether oxygens (including phenoxy) is 1. The number of nitrogen functional groups attached to an aromatic ring is 1. The van der Waals surface area contributed by atoms with Crippen molar-refractivity contribution in [2.45, 2.75) is 11.8 Å². The molecule has 1 aromatic rings. The molecule has 116 valence electrons. The highest BCUT2D eigenvalue weighted by Gasteiger charge is 2.17. The van der Waals surface area contributed by atoms with Gasteiger partial charge in [-0.25, -0.2) is 13.1 Å². The molecule has 1 aromatic carbocycles. The highest BCUT2D eigenvalue weighted by molar-refractivity contribution is 7.89. The zero-order chi connectivity index (χ0) is 16.0. The molecule has 0 aliphatic heterocycles. The van der Waals surface area contributed by atoms with E-state index in [2.05, 4.69) is 11.3 Å². The molecule has 0 bridgehead atoms. The van der Waals surface area contributed by atoms with Crippen LogP contribution in [-0.2, 0) is 14.8 Å². The van der Waals surface area contributed by atoms with E-state index in [1.54, 1.807) is 0 Å². The monoisotopic (exact) mass is 313 g/mol. The fourth-order valence-electron chi connectivity index (χ4n) is 1.52. The molecule has 0 unspecified atom stereocenters. The van der Waals surface area contributed by atoms with E-state index < -0.39 is 15.9 Å². The van der Waals surface area contributed by atoms with Crippen molar-refractivity contribution in [1.29, 1.82) is 0 Å². The Morgan fingerprint density at radius 3 is 2.62 bits per heavy atom. The topological polar surface area (TPSA) is 125 Å². The highest BCUT2D eigenvalue weighted by Crippen LogP contribution is 2.19. The average molecular weight is 313 g/mol. The number of nitrogens with one attached hydrogen (secondary N) is 1. The quantitative estimate of drug-likeness (QED) is 0.360. The Balaban J connectivity index is 2.70. The number of carbonyl (C=O) groups excluding carboxylic acids is 1. The van der Waals surface area contributed by atoms with Gasteiger partial charge in [0, 0.05) is 12.1 Å². The average Bonchev–Trinajstić information content (AvgIpc) is 2.37. The van der Waals surface area contributed by atoms with Crippen molar-refractivity contribution in [3.05, 3.63) is 35.9 Å². The van der Waals surface area contributed by atoms with Gasteiger partial charge < -0.3 is 16.2 Å². The maximum absolute atomic E-state index is 12.1. The smallest absolute Gasteiger partial charge is 0.248 e. The second-order valence-corrected chi connectivity index (χ2v) is 6.26. The molecular weight excluding hydrogens is 294 g/mol. The summed E-state index contributed by atoms with van der Waals surface area (Å²) in [5.74, 6) is -0.674. The third-order valence-electron chi connectivity index (χ3n) is 2.47. The van der Waals surface area contributed by atoms with E-state index in [0.717, 1.165) is 5.57 Å². The van der Waals surface area contributed by atoms with E-state index in [1.807, 2.05) is 6.92 Å². The summed E-state index contributed by atoms with van der Waals surface area (Å²) < 4.78 is 31.6. The van der Waals surface area contributed by atoms with Crippen LogP contribution in [0.4, 0.5) is 5.69 Å². The van der Waals surface area contributed by atoms with Gasteiger partial charge in [-0.2, -0.15) is 0 Å². The van der Waals surface area contributed by atoms with E-state index in [1.165, 1.54) is 18.2 Å². The number of rotatable bonds is 8. The second-order valence-electron chi connectivity index (χ2n) is 4.52. The first-order valence-electron chi connectivity index (χ1n) is 6.15. The van der Waals surface area contributed by atoms with Gasteiger partial charge in [0.1, 0.15) is 4.90 Å². The van der Waals surface area contributed by atoms with Crippen LogP contribution in [0.15, 0.2) is 35.2 Å².